The zero-order valence-electron chi connectivity index (χ0n) is 26.1. The Morgan fingerprint density at radius 3 is 1.26 bits per heavy atom. The van der Waals surface area contributed by atoms with E-state index in [1.807, 2.05) is 55.4 Å². The smallest absolute Gasteiger partial charge is 0.0683 e. The van der Waals surface area contributed by atoms with Crippen molar-refractivity contribution in [2.75, 3.05) is 17.8 Å². The summed E-state index contributed by atoms with van der Waals surface area (Å²) in [5.41, 5.74) is 0. The van der Waals surface area contributed by atoms with Gasteiger partial charge in [0.25, 0.3) is 0 Å². The Morgan fingerprint density at radius 2 is 0.868 bits per heavy atom. The van der Waals surface area contributed by atoms with E-state index < -0.39 is 0 Å². The second kappa shape index (κ2) is 22.1. The molecule has 1 saturated heterocycles. The first kappa shape index (κ1) is 36.2. The fourth-order valence-corrected chi connectivity index (χ4v) is 8.70. The molecular formula is C35H55S3+3. The lowest BCUT2D eigenvalue weighted by atomic mass is 10.2. The molecule has 0 radical (unpaired) electrons. The van der Waals surface area contributed by atoms with Crippen LogP contribution in [0.1, 0.15) is 68.2 Å². The van der Waals surface area contributed by atoms with E-state index in [1.165, 1.54) is 54.6 Å². The molecule has 3 heteroatoms. The SMILES string of the molecule is CC.CC.CC.CC.C[S+]1CCCC1.C[s+]1c2ccccc2c2ccccc21.C[s+]1ccc2ccccc21. The van der Waals surface area contributed by atoms with Gasteiger partial charge in [-0.3, -0.25) is 0 Å². The molecule has 1 aliphatic rings. The summed E-state index contributed by atoms with van der Waals surface area (Å²) in [4.78, 5) is 0. The molecule has 0 nitrogen and oxygen atoms in total. The Hall–Kier alpha value is -1.81. The third-order valence-corrected chi connectivity index (χ3v) is 11.3. The summed E-state index contributed by atoms with van der Waals surface area (Å²) in [6.45, 7) is 16.0. The van der Waals surface area contributed by atoms with Gasteiger partial charge in [0.1, 0.15) is 29.4 Å². The first-order valence-corrected chi connectivity index (χ1v) is 19.8. The molecule has 5 aromatic rings. The maximum absolute atomic E-state index is 2.37. The van der Waals surface area contributed by atoms with Crippen molar-refractivity contribution in [2.24, 2.45) is 12.5 Å². The molecule has 1 aliphatic heterocycles. The molecule has 210 valence electrons. The van der Waals surface area contributed by atoms with Gasteiger partial charge in [0.2, 0.25) is 0 Å². The number of fused-ring (bicyclic) bond motifs is 4. The van der Waals surface area contributed by atoms with E-state index in [2.05, 4.69) is 103 Å². The Kier molecular flexibility index (Phi) is 21.0. The average molecular weight is 572 g/mol. The second-order valence-corrected chi connectivity index (χ2v) is 13.9. The lowest BCUT2D eigenvalue weighted by Gasteiger charge is -1.83. The van der Waals surface area contributed by atoms with Crippen LogP contribution >= 0.6 is 20.9 Å². The molecule has 0 bridgehead atoms. The molecule has 0 N–H and O–H groups in total. The van der Waals surface area contributed by atoms with Crippen LogP contribution in [-0.2, 0) is 23.4 Å². The topological polar surface area (TPSA) is 0 Å². The fraction of sp³-hybridized carbons (Fsp3) is 0.429. The minimum absolute atomic E-state index is 0.277. The minimum Gasteiger partial charge on any atom is -0.0683 e. The summed E-state index contributed by atoms with van der Waals surface area (Å²) < 4.78 is 4.48. The molecule has 0 spiro atoms. The second-order valence-electron chi connectivity index (χ2n) is 7.80. The molecule has 1 atom stereocenters. The number of rotatable bonds is 0. The maximum atomic E-state index is 2.37. The highest BCUT2D eigenvalue weighted by Gasteiger charge is 2.16. The first-order valence-electron chi connectivity index (χ1n) is 14.5. The van der Waals surface area contributed by atoms with Crippen molar-refractivity contribution >= 4 is 62.1 Å². The standard InChI is InChI=1S/C13H11S.C9H9S.C5H11S.4C2H6/c1-14-12-8-4-2-6-10(12)11-7-3-5-9-13(11)14;1-10-7-6-8-4-2-3-5-9(8)10;1-6-4-2-3-5-6;4*1-2/h2-9H,1H3;2-7H,1H3;2-5H2,1H3;4*1-2H3/q3*+1;;;;. The van der Waals surface area contributed by atoms with Gasteiger partial charge in [-0.1, -0.05) is 91.8 Å². The molecule has 1 unspecified atom stereocenters. The summed E-state index contributed by atoms with van der Waals surface area (Å²) in [6, 6.07) is 28.2. The zero-order valence-corrected chi connectivity index (χ0v) is 28.6. The van der Waals surface area contributed by atoms with Crippen molar-refractivity contribution in [1.82, 2.24) is 0 Å². The lowest BCUT2D eigenvalue weighted by Crippen LogP contribution is -1.96. The van der Waals surface area contributed by atoms with Gasteiger partial charge in [-0.15, -0.1) is 0 Å². The van der Waals surface area contributed by atoms with Gasteiger partial charge in [0, 0.05) is 22.2 Å². The van der Waals surface area contributed by atoms with Crippen LogP contribution < -0.4 is 0 Å². The molecule has 2 aromatic heterocycles. The van der Waals surface area contributed by atoms with Crippen LogP contribution in [-0.4, -0.2) is 17.8 Å². The number of benzene rings is 3. The van der Waals surface area contributed by atoms with Crippen LogP contribution in [0.4, 0.5) is 0 Å². The van der Waals surface area contributed by atoms with E-state index in [4.69, 9.17) is 0 Å². The van der Waals surface area contributed by atoms with Crippen molar-refractivity contribution in [1.29, 1.82) is 0 Å². The number of aryl methyl sites for hydroxylation is 2. The van der Waals surface area contributed by atoms with Gasteiger partial charge < -0.3 is 0 Å². The third-order valence-electron chi connectivity index (χ3n) is 5.68. The fourth-order valence-electron chi connectivity index (χ4n) is 3.99. The van der Waals surface area contributed by atoms with Gasteiger partial charge in [-0.25, -0.2) is 0 Å². The van der Waals surface area contributed by atoms with Crippen molar-refractivity contribution in [3.05, 3.63) is 84.2 Å². The highest BCUT2D eigenvalue weighted by Crippen LogP contribution is 2.40. The highest BCUT2D eigenvalue weighted by atomic mass is 32.2. The first-order chi connectivity index (χ1) is 18.6. The Morgan fingerprint density at radius 1 is 0.474 bits per heavy atom. The Labute approximate surface area is 243 Å². The lowest BCUT2D eigenvalue weighted by molar-refractivity contribution is 0.949. The Balaban J connectivity index is 0.000000503. The van der Waals surface area contributed by atoms with Gasteiger partial charge in [-0.05, 0) is 81.1 Å². The molecule has 6 rings (SSSR count). The quantitative estimate of drug-likeness (QED) is 0.162. The van der Waals surface area contributed by atoms with Gasteiger partial charge >= 0.3 is 0 Å². The van der Waals surface area contributed by atoms with E-state index in [9.17, 15) is 0 Å². The van der Waals surface area contributed by atoms with E-state index in [0.717, 1.165) is 10.9 Å². The van der Waals surface area contributed by atoms with Crippen LogP contribution in [0.2, 0.25) is 0 Å². The average Bonchev–Trinajstić information content (AvgIpc) is 3.73. The number of hydrogen-bond donors (Lipinski definition) is 0. The summed E-state index contributed by atoms with van der Waals surface area (Å²) >= 11 is 0. The number of hydrogen-bond acceptors (Lipinski definition) is 0. The van der Waals surface area contributed by atoms with Crippen LogP contribution in [0.3, 0.4) is 0 Å². The predicted molar refractivity (Wildman–Crippen MR) is 190 cm³/mol. The molecule has 1 fully saturated rings. The largest absolute Gasteiger partial charge is 0.181 e. The van der Waals surface area contributed by atoms with Crippen molar-refractivity contribution in [2.45, 2.75) is 68.2 Å². The minimum atomic E-state index is 0.277. The predicted octanol–water partition coefficient (Wildman–Crippen LogP) is 12.5. The van der Waals surface area contributed by atoms with Crippen LogP contribution in [0.5, 0.6) is 0 Å². The summed E-state index contributed by atoms with van der Waals surface area (Å²) in [5, 5.41) is 6.52. The third kappa shape index (κ3) is 10.8. The molecule has 3 aromatic carbocycles. The number of thiophene rings is 2. The monoisotopic (exact) mass is 571 g/mol. The zero-order chi connectivity index (χ0) is 28.9. The molecule has 3 heterocycles. The van der Waals surface area contributed by atoms with E-state index in [-0.39, 0.29) is 10.5 Å². The highest BCUT2D eigenvalue weighted by molar-refractivity contribution is 7.96. The summed E-state index contributed by atoms with van der Waals surface area (Å²) in [5.74, 6) is 3.03. The molecule has 0 saturated carbocycles. The van der Waals surface area contributed by atoms with Crippen LogP contribution in [0.25, 0.3) is 30.3 Å². The van der Waals surface area contributed by atoms with Gasteiger partial charge in [-0.2, -0.15) is 0 Å². The van der Waals surface area contributed by atoms with Gasteiger partial charge in [0.15, 0.2) is 14.1 Å². The summed E-state index contributed by atoms with van der Waals surface area (Å²) in [7, 11) is 1.48. The normalized spacial score (nSPS) is 12.0. The molecule has 0 amide bonds. The van der Waals surface area contributed by atoms with E-state index >= 15 is 0 Å². The molecular weight excluding hydrogens is 517 g/mol. The van der Waals surface area contributed by atoms with Crippen molar-refractivity contribution < 1.29 is 0 Å². The summed E-state index contributed by atoms with van der Waals surface area (Å²) in [6.07, 6.45) is 9.93. The van der Waals surface area contributed by atoms with Crippen molar-refractivity contribution in [3.8, 4) is 0 Å². The van der Waals surface area contributed by atoms with Crippen molar-refractivity contribution in [3.63, 3.8) is 0 Å². The molecule has 38 heavy (non-hydrogen) atoms. The van der Waals surface area contributed by atoms with Gasteiger partial charge in [0.05, 0.1) is 6.26 Å². The van der Waals surface area contributed by atoms with Crippen LogP contribution in [0, 0.1) is 0 Å². The Bertz CT molecular complexity index is 1190. The molecule has 0 aliphatic carbocycles. The van der Waals surface area contributed by atoms with E-state index in [0.29, 0.717) is 10.5 Å². The van der Waals surface area contributed by atoms with Crippen LogP contribution in [0.15, 0.2) is 84.2 Å². The maximum Gasteiger partial charge on any atom is 0.181 e. The van der Waals surface area contributed by atoms with E-state index in [1.54, 1.807) is 0 Å².